The van der Waals surface area contributed by atoms with Crippen molar-refractivity contribution in [2.75, 3.05) is 0 Å². The molecule has 2 nitrogen and oxygen atoms in total. The normalized spacial score (nSPS) is 17.6. The molecule has 0 aliphatic carbocycles. The first-order chi connectivity index (χ1) is 4.39. The number of hydrogen-bond acceptors (Lipinski definition) is 2. The van der Waals surface area contributed by atoms with E-state index < -0.39 is 0 Å². The van der Waals surface area contributed by atoms with Gasteiger partial charge in [-0.1, -0.05) is 20.8 Å². The summed E-state index contributed by atoms with van der Waals surface area (Å²) < 4.78 is 0. The van der Waals surface area contributed by atoms with Crippen LogP contribution in [-0.4, -0.2) is 6.04 Å². The molecule has 0 saturated carbocycles. The van der Waals surface area contributed by atoms with Gasteiger partial charge in [0.05, 0.1) is 12.0 Å². The Kier molecular flexibility index (Phi) is 2.86. The smallest absolute Gasteiger partial charge is 0.0669 e. The van der Waals surface area contributed by atoms with E-state index in [2.05, 4.69) is 6.07 Å². The van der Waals surface area contributed by atoms with Crippen LogP contribution in [0.3, 0.4) is 0 Å². The average molecular weight is 140 g/mol. The van der Waals surface area contributed by atoms with Crippen LogP contribution in [0, 0.1) is 22.7 Å². The quantitative estimate of drug-likeness (QED) is 0.600. The molecule has 0 rings (SSSR count). The van der Waals surface area contributed by atoms with Gasteiger partial charge in [0.2, 0.25) is 0 Å². The Morgan fingerprint density at radius 1 is 1.40 bits per heavy atom. The van der Waals surface area contributed by atoms with Crippen LogP contribution in [0.25, 0.3) is 0 Å². The summed E-state index contributed by atoms with van der Waals surface area (Å²) in [4.78, 5) is 0. The highest BCUT2D eigenvalue weighted by Crippen LogP contribution is 2.22. The summed E-state index contributed by atoms with van der Waals surface area (Å²) in [6.45, 7) is 8.00. The van der Waals surface area contributed by atoms with Crippen molar-refractivity contribution in [1.82, 2.24) is 0 Å². The lowest BCUT2D eigenvalue weighted by Crippen LogP contribution is -2.39. The van der Waals surface area contributed by atoms with Gasteiger partial charge in [0.25, 0.3) is 0 Å². The third kappa shape index (κ3) is 2.36. The summed E-state index contributed by atoms with van der Waals surface area (Å²) in [5.74, 6) is -0.0556. The zero-order chi connectivity index (χ0) is 8.36. The molecule has 2 heteroatoms. The Bertz CT molecular complexity index is 138. The van der Waals surface area contributed by atoms with Gasteiger partial charge in [-0.05, 0) is 12.3 Å². The van der Waals surface area contributed by atoms with Crippen molar-refractivity contribution in [3.05, 3.63) is 0 Å². The number of rotatable bonds is 1. The van der Waals surface area contributed by atoms with Crippen LogP contribution in [0.4, 0.5) is 0 Å². The molecule has 0 aromatic carbocycles. The van der Waals surface area contributed by atoms with Gasteiger partial charge in [-0.15, -0.1) is 0 Å². The van der Waals surface area contributed by atoms with Gasteiger partial charge in [0.15, 0.2) is 0 Å². The molecule has 10 heavy (non-hydrogen) atoms. The van der Waals surface area contributed by atoms with Gasteiger partial charge in [0, 0.05) is 6.04 Å². The van der Waals surface area contributed by atoms with Crippen molar-refractivity contribution >= 4 is 0 Å². The number of nitriles is 1. The summed E-state index contributed by atoms with van der Waals surface area (Å²) in [6, 6.07) is 2.12. The molecule has 0 aromatic heterocycles. The fourth-order valence-electron chi connectivity index (χ4n) is 0.830. The highest BCUT2D eigenvalue weighted by Gasteiger charge is 2.25. The summed E-state index contributed by atoms with van der Waals surface area (Å²) in [5, 5.41) is 8.54. The number of hydrogen-bond donors (Lipinski definition) is 1. The van der Waals surface area contributed by atoms with Crippen LogP contribution in [0.15, 0.2) is 0 Å². The SMILES string of the molecule is C[C@H](C#N)C(N)C(C)(C)C. The molecule has 0 radical (unpaired) electrons. The van der Waals surface area contributed by atoms with Crippen LogP contribution in [0.5, 0.6) is 0 Å². The Morgan fingerprint density at radius 2 is 1.80 bits per heavy atom. The lowest BCUT2D eigenvalue weighted by atomic mass is 9.81. The molecular formula is C8H16N2. The van der Waals surface area contributed by atoms with Crippen molar-refractivity contribution in [1.29, 1.82) is 5.26 Å². The number of nitrogens with two attached hydrogens (primary N) is 1. The highest BCUT2D eigenvalue weighted by molar-refractivity contribution is 4.92. The molecular weight excluding hydrogens is 124 g/mol. The van der Waals surface area contributed by atoms with Crippen molar-refractivity contribution < 1.29 is 0 Å². The van der Waals surface area contributed by atoms with E-state index in [1.54, 1.807) is 0 Å². The lowest BCUT2D eigenvalue weighted by molar-refractivity contribution is 0.279. The molecule has 0 fully saturated rings. The van der Waals surface area contributed by atoms with Crippen molar-refractivity contribution in [2.24, 2.45) is 17.1 Å². The molecule has 58 valence electrons. The Hall–Kier alpha value is -0.550. The van der Waals surface area contributed by atoms with Crippen LogP contribution in [0.2, 0.25) is 0 Å². The van der Waals surface area contributed by atoms with Crippen molar-refractivity contribution in [2.45, 2.75) is 33.7 Å². The fourth-order valence-corrected chi connectivity index (χ4v) is 0.830. The van der Waals surface area contributed by atoms with E-state index in [-0.39, 0.29) is 17.4 Å². The van der Waals surface area contributed by atoms with E-state index in [4.69, 9.17) is 11.0 Å². The summed E-state index contributed by atoms with van der Waals surface area (Å²) in [5.41, 5.74) is 5.82. The van der Waals surface area contributed by atoms with Crippen LogP contribution >= 0.6 is 0 Å². The average Bonchev–Trinajstić information content (AvgIpc) is 1.83. The zero-order valence-electron chi connectivity index (χ0n) is 7.18. The molecule has 0 heterocycles. The van der Waals surface area contributed by atoms with Gasteiger partial charge >= 0.3 is 0 Å². The predicted molar refractivity (Wildman–Crippen MR) is 42.2 cm³/mol. The van der Waals surface area contributed by atoms with Gasteiger partial charge in [0.1, 0.15) is 0 Å². The standard InChI is InChI=1S/C8H16N2/c1-6(5-9)7(10)8(2,3)4/h6-7H,10H2,1-4H3/t6-,7?/m1/s1. The second-order valence-electron chi connectivity index (χ2n) is 3.81. The first-order valence-electron chi connectivity index (χ1n) is 3.54. The van der Waals surface area contributed by atoms with Crippen molar-refractivity contribution in [3.8, 4) is 6.07 Å². The third-order valence-electron chi connectivity index (χ3n) is 1.74. The lowest BCUT2D eigenvalue weighted by Gasteiger charge is -2.28. The molecule has 2 atom stereocenters. The molecule has 0 bridgehead atoms. The van der Waals surface area contributed by atoms with Gasteiger partial charge < -0.3 is 5.73 Å². The summed E-state index contributed by atoms with van der Waals surface area (Å²) >= 11 is 0. The Labute approximate surface area is 63.0 Å². The minimum atomic E-state index is -0.0556. The number of nitrogens with zero attached hydrogens (tertiary/aromatic N) is 1. The maximum atomic E-state index is 8.54. The summed E-state index contributed by atoms with van der Waals surface area (Å²) in [7, 11) is 0. The van der Waals surface area contributed by atoms with E-state index in [0.29, 0.717) is 0 Å². The molecule has 2 N–H and O–H groups in total. The second-order valence-corrected chi connectivity index (χ2v) is 3.81. The highest BCUT2D eigenvalue weighted by atomic mass is 14.7. The van der Waals surface area contributed by atoms with Crippen LogP contribution < -0.4 is 5.73 Å². The first-order valence-corrected chi connectivity index (χ1v) is 3.54. The predicted octanol–water partition coefficient (Wildman–Crippen LogP) is 1.52. The fraction of sp³-hybridized carbons (Fsp3) is 0.875. The maximum Gasteiger partial charge on any atom is 0.0669 e. The van der Waals surface area contributed by atoms with Gasteiger partial charge in [-0.25, -0.2) is 0 Å². The largest absolute Gasteiger partial charge is 0.326 e. The van der Waals surface area contributed by atoms with Crippen LogP contribution in [-0.2, 0) is 0 Å². The van der Waals surface area contributed by atoms with E-state index >= 15 is 0 Å². The van der Waals surface area contributed by atoms with E-state index in [0.717, 1.165) is 0 Å². The minimum Gasteiger partial charge on any atom is -0.326 e. The topological polar surface area (TPSA) is 49.8 Å². The van der Waals surface area contributed by atoms with E-state index in [9.17, 15) is 0 Å². The second kappa shape index (κ2) is 3.03. The maximum absolute atomic E-state index is 8.54. The van der Waals surface area contributed by atoms with Gasteiger partial charge in [-0.2, -0.15) is 5.26 Å². The third-order valence-corrected chi connectivity index (χ3v) is 1.74. The molecule has 0 saturated heterocycles. The molecule has 0 spiro atoms. The Balaban J connectivity index is 4.11. The van der Waals surface area contributed by atoms with E-state index in [1.807, 2.05) is 27.7 Å². The Morgan fingerprint density at radius 3 is 1.90 bits per heavy atom. The van der Waals surface area contributed by atoms with Crippen LogP contribution in [0.1, 0.15) is 27.7 Å². The van der Waals surface area contributed by atoms with Gasteiger partial charge in [-0.3, -0.25) is 0 Å². The molecule has 1 unspecified atom stereocenters. The summed E-state index contributed by atoms with van der Waals surface area (Å²) in [6.07, 6.45) is 0. The molecule has 0 aliphatic rings. The minimum absolute atomic E-state index is 0.0301. The molecule has 0 aromatic rings. The van der Waals surface area contributed by atoms with Crippen molar-refractivity contribution in [3.63, 3.8) is 0 Å². The molecule has 0 amide bonds. The van der Waals surface area contributed by atoms with E-state index in [1.165, 1.54) is 0 Å². The first kappa shape index (κ1) is 9.45. The zero-order valence-corrected chi connectivity index (χ0v) is 7.18. The monoisotopic (exact) mass is 140 g/mol. The molecule has 0 aliphatic heterocycles.